The summed E-state index contributed by atoms with van der Waals surface area (Å²) in [5, 5.41) is 9.97. The maximum atomic E-state index is 12.3. The molecule has 0 saturated carbocycles. The zero-order chi connectivity index (χ0) is 10.3. The summed E-state index contributed by atoms with van der Waals surface area (Å²) >= 11 is 5.18. The smallest absolute Gasteiger partial charge is 0.263 e. The molecule has 0 unspecified atom stereocenters. The number of hydrogen-bond donors (Lipinski definition) is 2. The van der Waals surface area contributed by atoms with Gasteiger partial charge in [0.2, 0.25) is 0 Å². The summed E-state index contributed by atoms with van der Waals surface area (Å²) in [6.07, 6.45) is -2.49. The molecule has 0 saturated heterocycles. The predicted molar refractivity (Wildman–Crippen MR) is 55.7 cm³/mol. The Morgan fingerprint density at radius 2 is 2.07 bits per heavy atom. The van der Waals surface area contributed by atoms with Crippen LogP contribution in [0.25, 0.3) is 10.1 Å². The standard InChI is InChI=1S/C9H6F2OS2/c10-8(11)4-1-2-6-5(3-4)7(13)9(12)14-6/h1-3,8,12-13H. The van der Waals surface area contributed by atoms with E-state index in [4.69, 9.17) is 0 Å². The number of alkyl halides is 2. The minimum Gasteiger partial charge on any atom is -0.499 e. The molecule has 1 aromatic carbocycles. The molecular formula is C9H6F2OS2. The summed E-state index contributed by atoms with van der Waals surface area (Å²) in [4.78, 5) is 0.368. The van der Waals surface area contributed by atoms with Gasteiger partial charge >= 0.3 is 0 Å². The third kappa shape index (κ3) is 1.46. The Bertz CT molecular complexity index is 479. The van der Waals surface area contributed by atoms with Gasteiger partial charge in [-0.05, 0) is 12.1 Å². The maximum absolute atomic E-state index is 12.3. The van der Waals surface area contributed by atoms with Crippen molar-refractivity contribution >= 4 is 34.1 Å². The summed E-state index contributed by atoms with van der Waals surface area (Å²) in [6, 6.07) is 4.29. The molecule has 1 aromatic heterocycles. The van der Waals surface area contributed by atoms with Crippen LogP contribution in [0.3, 0.4) is 0 Å². The Morgan fingerprint density at radius 1 is 1.36 bits per heavy atom. The lowest BCUT2D eigenvalue weighted by Gasteiger charge is -1.98. The number of hydrogen-bond acceptors (Lipinski definition) is 3. The Morgan fingerprint density at radius 3 is 2.71 bits per heavy atom. The lowest BCUT2D eigenvalue weighted by atomic mass is 10.2. The minimum atomic E-state index is -2.49. The lowest BCUT2D eigenvalue weighted by Crippen LogP contribution is -1.81. The first-order valence-corrected chi connectivity index (χ1v) is 5.08. The molecule has 0 spiro atoms. The van der Waals surface area contributed by atoms with Crippen molar-refractivity contribution < 1.29 is 13.9 Å². The van der Waals surface area contributed by atoms with Gasteiger partial charge in [-0.3, -0.25) is 0 Å². The van der Waals surface area contributed by atoms with Gasteiger partial charge in [0.05, 0.1) is 4.90 Å². The van der Waals surface area contributed by atoms with Crippen LogP contribution in [0.1, 0.15) is 12.0 Å². The van der Waals surface area contributed by atoms with Gasteiger partial charge in [0.25, 0.3) is 6.43 Å². The number of aromatic hydroxyl groups is 1. The summed E-state index contributed by atoms with van der Waals surface area (Å²) < 4.78 is 25.5. The van der Waals surface area contributed by atoms with Gasteiger partial charge in [-0.15, -0.1) is 12.6 Å². The van der Waals surface area contributed by atoms with Gasteiger partial charge in [0.15, 0.2) is 5.06 Å². The van der Waals surface area contributed by atoms with E-state index in [-0.39, 0.29) is 10.6 Å². The zero-order valence-corrected chi connectivity index (χ0v) is 8.58. The van der Waals surface area contributed by atoms with Crippen LogP contribution in [0.5, 0.6) is 5.06 Å². The molecule has 0 atom stereocenters. The van der Waals surface area contributed by atoms with Gasteiger partial charge in [0, 0.05) is 15.6 Å². The molecule has 0 radical (unpaired) electrons. The van der Waals surface area contributed by atoms with Crippen LogP contribution in [-0.4, -0.2) is 5.11 Å². The van der Waals surface area contributed by atoms with Gasteiger partial charge in [-0.1, -0.05) is 17.4 Å². The molecule has 0 amide bonds. The summed E-state index contributed by atoms with van der Waals surface area (Å²) in [6.45, 7) is 0. The van der Waals surface area contributed by atoms with Crippen molar-refractivity contribution in [3.05, 3.63) is 23.8 Å². The second kappa shape index (κ2) is 3.40. The highest BCUT2D eigenvalue weighted by molar-refractivity contribution is 7.81. The Balaban J connectivity index is 2.69. The third-order valence-electron chi connectivity index (χ3n) is 1.92. The van der Waals surface area contributed by atoms with E-state index in [2.05, 4.69) is 12.6 Å². The third-order valence-corrected chi connectivity index (χ3v) is 3.50. The molecule has 0 aliphatic carbocycles. The molecule has 1 nitrogen and oxygen atoms in total. The second-order valence-corrected chi connectivity index (χ2v) is 4.29. The Labute approximate surface area is 88.4 Å². The molecule has 0 bridgehead atoms. The number of halogens is 2. The molecule has 0 aliphatic heterocycles. The lowest BCUT2D eigenvalue weighted by molar-refractivity contribution is 0.151. The minimum absolute atomic E-state index is 0.0504. The van der Waals surface area contributed by atoms with Crippen molar-refractivity contribution in [2.75, 3.05) is 0 Å². The number of thiophene rings is 1. The first kappa shape index (κ1) is 9.73. The summed E-state index contributed by atoms with van der Waals surface area (Å²) in [7, 11) is 0. The molecule has 14 heavy (non-hydrogen) atoms. The molecule has 2 rings (SSSR count). The van der Waals surface area contributed by atoms with Crippen molar-refractivity contribution in [1.29, 1.82) is 0 Å². The average Bonchev–Trinajstić information content (AvgIpc) is 2.43. The highest BCUT2D eigenvalue weighted by Crippen LogP contribution is 2.40. The maximum Gasteiger partial charge on any atom is 0.263 e. The van der Waals surface area contributed by atoms with E-state index in [0.717, 1.165) is 16.0 Å². The van der Waals surface area contributed by atoms with Crippen LogP contribution in [0.4, 0.5) is 8.78 Å². The van der Waals surface area contributed by atoms with E-state index >= 15 is 0 Å². The number of benzene rings is 1. The van der Waals surface area contributed by atoms with Crippen LogP contribution in [0.2, 0.25) is 0 Å². The molecule has 0 fully saturated rings. The van der Waals surface area contributed by atoms with Crippen molar-refractivity contribution in [3.8, 4) is 5.06 Å². The fourth-order valence-electron chi connectivity index (χ4n) is 1.23. The fraction of sp³-hybridized carbons (Fsp3) is 0.111. The van der Waals surface area contributed by atoms with E-state index in [0.29, 0.717) is 10.3 Å². The highest BCUT2D eigenvalue weighted by atomic mass is 32.1. The van der Waals surface area contributed by atoms with Crippen molar-refractivity contribution in [2.45, 2.75) is 11.3 Å². The fourth-order valence-corrected chi connectivity index (χ4v) is 2.44. The van der Waals surface area contributed by atoms with E-state index in [1.165, 1.54) is 12.1 Å². The number of fused-ring (bicyclic) bond motifs is 1. The predicted octanol–water partition coefficient (Wildman–Crippen LogP) is 3.83. The highest BCUT2D eigenvalue weighted by Gasteiger charge is 2.12. The number of thiol groups is 1. The van der Waals surface area contributed by atoms with Crippen LogP contribution in [-0.2, 0) is 0 Å². The van der Waals surface area contributed by atoms with Gasteiger partial charge < -0.3 is 5.11 Å². The molecule has 1 N–H and O–H groups in total. The first-order chi connectivity index (χ1) is 6.59. The molecule has 5 heteroatoms. The summed E-state index contributed by atoms with van der Waals surface area (Å²) in [5.74, 6) is 0. The van der Waals surface area contributed by atoms with Crippen LogP contribution in [0.15, 0.2) is 23.1 Å². The monoisotopic (exact) mass is 232 g/mol. The van der Waals surface area contributed by atoms with Crippen molar-refractivity contribution in [3.63, 3.8) is 0 Å². The average molecular weight is 232 g/mol. The Hall–Kier alpha value is -0.810. The van der Waals surface area contributed by atoms with Gasteiger partial charge in [-0.25, -0.2) is 8.78 Å². The van der Waals surface area contributed by atoms with Crippen molar-refractivity contribution in [2.24, 2.45) is 0 Å². The van der Waals surface area contributed by atoms with Crippen LogP contribution in [0, 0.1) is 0 Å². The Kier molecular flexibility index (Phi) is 2.36. The van der Waals surface area contributed by atoms with Gasteiger partial charge in [-0.2, -0.15) is 0 Å². The van der Waals surface area contributed by atoms with E-state index in [1.807, 2.05) is 0 Å². The van der Waals surface area contributed by atoms with E-state index < -0.39 is 6.43 Å². The topological polar surface area (TPSA) is 20.2 Å². The summed E-state index contributed by atoms with van der Waals surface area (Å²) in [5.41, 5.74) is -0.0504. The molecular weight excluding hydrogens is 226 g/mol. The quantitative estimate of drug-likeness (QED) is 0.716. The second-order valence-electron chi connectivity index (χ2n) is 2.81. The molecule has 2 aromatic rings. The van der Waals surface area contributed by atoms with Gasteiger partial charge in [0.1, 0.15) is 0 Å². The van der Waals surface area contributed by atoms with E-state index in [1.54, 1.807) is 6.07 Å². The van der Waals surface area contributed by atoms with Crippen LogP contribution >= 0.6 is 24.0 Å². The van der Waals surface area contributed by atoms with E-state index in [9.17, 15) is 13.9 Å². The molecule has 1 heterocycles. The normalized spacial score (nSPS) is 11.4. The van der Waals surface area contributed by atoms with Crippen LogP contribution < -0.4 is 0 Å². The van der Waals surface area contributed by atoms with Crippen molar-refractivity contribution in [1.82, 2.24) is 0 Å². The molecule has 0 aliphatic rings. The largest absolute Gasteiger partial charge is 0.499 e. The number of rotatable bonds is 1. The first-order valence-electron chi connectivity index (χ1n) is 3.82. The molecule has 74 valence electrons. The SMILES string of the molecule is Oc1sc2ccc(C(F)F)cc2c1S. The zero-order valence-electron chi connectivity index (χ0n) is 6.87.